The summed E-state index contributed by atoms with van der Waals surface area (Å²) in [6, 6.07) is 19.2. The number of nitrogens with zero attached hydrogens (tertiary/aromatic N) is 2. The summed E-state index contributed by atoms with van der Waals surface area (Å²) in [5.41, 5.74) is 2.09. The topological polar surface area (TPSA) is 65.6 Å². The van der Waals surface area contributed by atoms with Gasteiger partial charge in [-0.25, -0.2) is 4.98 Å². The van der Waals surface area contributed by atoms with Crippen molar-refractivity contribution in [2.75, 3.05) is 0 Å². The van der Waals surface area contributed by atoms with E-state index in [1.54, 1.807) is 6.08 Å². The molecule has 0 aliphatic heterocycles. The smallest absolute Gasteiger partial charge is 0.179 e. The van der Waals surface area contributed by atoms with Crippen LogP contribution in [0.4, 0.5) is 0 Å². The van der Waals surface area contributed by atoms with E-state index >= 15 is 0 Å². The Morgan fingerprint density at radius 2 is 2.00 bits per heavy atom. The molecular weight excluding hydrogens is 446 g/mol. The molecule has 0 aliphatic rings. The lowest BCUT2D eigenvalue weighted by molar-refractivity contribution is 0.463. The predicted octanol–water partition coefficient (Wildman–Crippen LogP) is 6.79. The molecule has 0 saturated carbocycles. The third kappa shape index (κ3) is 3.96. The molecular formula is C20H11BrClN3OS. The summed E-state index contributed by atoms with van der Waals surface area (Å²) in [6.45, 7) is 0. The largest absolute Gasteiger partial charge is 0.449 e. The molecule has 7 heteroatoms. The number of halogens is 2. The second kappa shape index (κ2) is 7.65. The Hall–Kier alpha value is -2.46. The van der Waals surface area contributed by atoms with E-state index in [0.29, 0.717) is 27.3 Å². The zero-order valence-corrected chi connectivity index (χ0v) is 16.9. The van der Waals surface area contributed by atoms with Gasteiger partial charge in [-0.2, -0.15) is 5.26 Å². The van der Waals surface area contributed by atoms with E-state index in [0.717, 1.165) is 20.4 Å². The van der Waals surface area contributed by atoms with Crippen molar-refractivity contribution < 1.29 is 4.42 Å². The van der Waals surface area contributed by atoms with Gasteiger partial charge in [0, 0.05) is 16.0 Å². The van der Waals surface area contributed by atoms with Crippen LogP contribution in [0.25, 0.3) is 22.7 Å². The van der Waals surface area contributed by atoms with Crippen molar-refractivity contribution in [2.45, 2.75) is 9.99 Å². The van der Waals surface area contributed by atoms with Crippen molar-refractivity contribution in [3.8, 4) is 6.07 Å². The second-order valence-electron chi connectivity index (χ2n) is 5.61. The normalized spacial score (nSPS) is 11.7. The van der Waals surface area contributed by atoms with Gasteiger partial charge in [0.05, 0.1) is 21.1 Å². The summed E-state index contributed by atoms with van der Waals surface area (Å²) in [6.07, 6.45) is 1.67. The number of benzene rings is 2. The first kappa shape index (κ1) is 17.9. The second-order valence-corrected chi connectivity index (χ2v) is 7.95. The average Bonchev–Trinajstić information content (AvgIpc) is 3.25. The van der Waals surface area contributed by atoms with E-state index in [2.05, 4.69) is 32.0 Å². The molecule has 0 unspecified atom stereocenters. The maximum absolute atomic E-state index is 9.55. The minimum atomic E-state index is 0.399. The molecule has 132 valence electrons. The number of aromatic nitrogens is 2. The molecule has 0 aliphatic carbocycles. The lowest BCUT2D eigenvalue weighted by Crippen LogP contribution is -1.84. The molecule has 27 heavy (non-hydrogen) atoms. The van der Waals surface area contributed by atoms with Gasteiger partial charge in [-0.1, -0.05) is 35.5 Å². The fourth-order valence-corrected chi connectivity index (χ4v) is 3.95. The molecule has 2 aromatic heterocycles. The summed E-state index contributed by atoms with van der Waals surface area (Å²) >= 11 is 10.9. The highest BCUT2D eigenvalue weighted by Gasteiger charge is 2.13. The molecule has 4 aromatic rings. The van der Waals surface area contributed by atoms with Crippen molar-refractivity contribution in [3.05, 3.63) is 75.7 Å². The van der Waals surface area contributed by atoms with E-state index in [1.807, 2.05) is 54.6 Å². The number of nitriles is 1. The van der Waals surface area contributed by atoms with Crippen LogP contribution in [0.5, 0.6) is 0 Å². The molecule has 0 radical (unpaired) electrons. The van der Waals surface area contributed by atoms with Gasteiger partial charge < -0.3 is 9.40 Å². The monoisotopic (exact) mass is 455 g/mol. The number of nitrogens with one attached hydrogen (secondary N) is 1. The Balaban J connectivity index is 1.64. The van der Waals surface area contributed by atoms with E-state index in [-0.39, 0.29) is 0 Å². The van der Waals surface area contributed by atoms with Crippen LogP contribution >= 0.6 is 39.3 Å². The molecule has 0 spiro atoms. The van der Waals surface area contributed by atoms with E-state index < -0.39 is 0 Å². The van der Waals surface area contributed by atoms with Crippen LogP contribution in [-0.4, -0.2) is 9.97 Å². The summed E-state index contributed by atoms with van der Waals surface area (Å²) < 4.78 is 6.71. The highest BCUT2D eigenvalue weighted by molar-refractivity contribution is 9.10. The zero-order chi connectivity index (χ0) is 18.8. The first-order valence-corrected chi connectivity index (χ1v) is 9.91. The SMILES string of the molecule is N#C/C(=C/c1cc(Br)c(Sc2ccc(Cl)cc2)o1)c1nc2ccccc2[nH]1. The van der Waals surface area contributed by atoms with Crippen LogP contribution in [0.2, 0.25) is 5.02 Å². The molecule has 1 N–H and O–H groups in total. The Labute approximate surface area is 173 Å². The van der Waals surface area contributed by atoms with Gasteiger partial charge in [0.1, 0.15) is 17.7 Å². The van der Waals surface area contributed by atoms with Gasteiger partial charge in [-0.05, 0) is 58.4 Å². The number of allylic oxidation sites excluding steroid dienone is 1. The molecule has 0 bridgehead atoms. The Morgan fingerprint density at radius 1 is 1.22 bits per heavy atom. The highest BCUT2D eigenvalue weighted by atomic mass is 79.9. The van der Waals surface area contributed by atoms with Gasteiger partial charge in [-0.3, -0.25) is 0 Å². The van der Waals surface area contributed by atoms with Crippen LogP contribution < -0.4 is 0 Å². The van der Waals surface area contributed by atoms with Crippen molar-refractivity contribution in [1.29, 1.82) is 5.26 Å². The molecule has 0 fully saturated rings. The number of imidazole rings is 1. The predicted molar refractivity (Wildman–Crippen MR) is 112 cm³/mol. The maximum atomic E-state index is 9.55. The third-order valence-electron chi connectivity index (χ3n) is 3.75. The van der Waals surface area contributed by atoms with E-state index in [9.17, 15) is 5.26 Å². The van der Waals surface area contributed by atoms with Gasteiger partial charge >= 0.3 is 0 Å². The van der Waals surface area contributed by atoms with E-state index in [4.69, 9.17) is 16.0 Å². The maximum Gasteiger partial charge on any atom is 0.179 e. The van der Waals surface area contributed by atoms with Crippen molar-refractivity contribution >= 4 is 62.0 Å². The zero-order valence-electron chi connectivity index (χ0n) is 13.7. The number of fused-ring (bicyclic) bond motifs is 1. The number of aromatic amines is 1. The lowest BCUT2D eigenvalue weighted by Gasteiger charge is -1.98. The average molecular weight is 457 g/mol. The minimum Gasteiger partial charge on any atom is -0.449 e. The minimum absolute atomic E-state index is 0.399. The summed E-state index contributed by atoms with van der Waals surface area (Å²) in [7, 11) is 0. The number of H-pyrrole nitrogens is 1. The molecule has 4 rings (SSSR count). The van der Waals surface area contributed by atoms with Crippen LogP contribution in [-0.2, 0) is 0 Å². The summed E-state index contributed by atoms with van der Waals surface area (Å²) in [4.78, 5) is 8.63. The van der Waals surface area contributed by atoms with Crippen molar-refractivity contribution in [1.82, 2.24) is 9.97 Å². The van der Waals surface area contributed by atoms with Gasteiger partial charge in [0.25, 0.3) is 0 Å². The van der Waals surface area contributed by atoms with Crippen molar-refractivity contribution in [2.24, 2.45) is 0 Å². The number of rotatable bonds is 4. The quantitative estimate of drug-likeness (QED) is 0.343. The molecule has 2 aromatic carbocycles. The number of hydrogen-bond donors (Lipinski definition) is 1. The van der Waals surface area contributed by atoms with E-state index in [1.165, 1.54) is 11.8 Å². The summed E-state index contributed by atoms with van der Waals surface area (Å²) in [5, 5.41) is 10.9. The number of para-hydroxylation sites is 2. The Bertz CT molecular complexity index is 1160. The summed E-state index contributed by atoms with van der Waals surface area (Å²) in [5.74, 6) is 1.08. The fraction of sp³-hybridized carbons (Fsp3) is 0. The first-order chi connectivity index (χ1) is 13.1. The van der Waals surface area contributed by atoms with Crippen LogP contribution in [0.15, 0.2) is 73.5 Å². The number of hydrogen-bond acceptors (Lipinski definition) is 4. The van der Waals surface area contributed by atoms with Crippen LogP contribution in [0.3, 0.4) is 0 Å². The van der Waals surface area contributed by atoms with Gasteiger partial charge in [0.15, 0.2) is 5.09 Å². The molecule has 0 atom stereocenters. The fourth-order valence-electron chi connectivity index (χ4n) is 2.50. The van der Waals surface area contributed by atoms with Gasteiger partial charge in [-0.15, -0.1) is 0 Å². The lowest BCUT2D eigenvalue weighted by atomic mass is 10.2. The number of furan rings is 1. The molecule has 2 heterocycles. The Kier molecular flexibility index (Phi) is 5.08. The molecule has 0 saturated heterocycles. The van der Waals surface area contributed by atoms with Crippen molar-refractivity contribution in [3.63, 3.8) is 0 Å². The van der Waals surface area contributed by atoms with Crippen LogP contribution in [0, 0.1) is 11.3 Å². The molecule has 0 amide bonds. The molecule has 4 nitrogen and oxygen atoms in total. The van der Waals surface area contributed by atoms with Gasteiger partial charge in [0.2, 0.25) is 0 Å². The van der Waals surface area contributed by atoms with Crippen LogP contribution in [0.1, 0.15) is 11.6 Å². The Morgan fingerprint density at radius 3 is 2.74 bits per heavy atom. The standard InChI is InChI=1S/C20H11BrClN3OS/c21-16-10-14(26-20(16)27-15-7-5-13(22)6-8-15)9-12(11-23)19-24-17-3-1-2-4-18(17)25-19/h1-10H,(H,24,25)/b12-9-. The first-order valence-electron chi connectivity index (χ1n) is 7.92. The third-order valence-corrected chi connectivity index (χ3v) is 5.85. The highest BCUT2D eigenvalue weighted by Crippen LogP contribution is 2.37.